The molecule has 146 valence electrons. The van der Waals surface area contributed by atoms with Crippen molar-refractivity contribution in [1.82, 2.24) is 9.88 Å². The van der Waals surface area contributed by atoms with Gasteiger partial charge in [-0.2, -0.15) is 0 Å². The molecule has 0 spiro atoms. The number of hydrogen-bond acceptors (Lipinski definition) is 4. The van der Waals surface area contributed by atoms with Gasteiger partial charge in [-0.25, -0.2) is 0 Å². The van der Waals surface area contributed by atoms with Crippen molar-refractivity contribution in [2.75, 3.05) is 14.2 Å². The van der Waals surface area contributed by atoms with Crippen LogP contribution in [0.3, 0.4) is 0 Å². The number of carbonyl (C=O) groups excluding carboxylic acids is 1. The number of aromatic amines is 1. The first-order chi connectivity index (χ1) is 13.5. The number of nitrogens with one attached hydrogen (secondary N) is 1. The van der Waals surface area contributed by atoms with E-state index in [2.05, 4.69) is 30.1 Å². The molecule has 2 aromatic carbocycles. The van der Waals surface area contributed by atoms with Crippen LogP contribution in [0.2, 0.25) is 0 Å². The van der Waals surface area contributed by atoms with Crippen LogP contribution in [-0.2, 0) is 4.79 Å². The summed E-state index contributed by atoms with van der Waals surface area (Å²) in [5.74, 6) is 1.59. The van der Waals surface area contributed by atoms with Gasteiger partial charge in [0.25, 0.3) is 0 Å². The van der Waals surface area contributed by atoms with Gasteiger partial charge in [0.15, 0.2) is 0 Å². The molecular formula is C22H24N2O3S. The van der Waals surface area contributed by atoms with E-state index in [0.29, 0.717) is 0 Å². The fraction of sp³-hybridized carbons (Fsp3) is 0.318. The fourth-order valence-corrected chi connectivity index (χ4v) is 5.26. The maximum Gasteiger partial charge on any atom is 0.237 e. The lowest BCUT2D eigenvalue weighted by Gasteiger charge is -2.32. The van der Waals surface area contributed by atoms with Crippen molar-refractivity contribution in [1.29, 1.82) is 0 Å². The molecule has 1 saturated heterocycles. The second-order valence-electron chi connectivity index (χ2n) is 6.95. The molecule has 1 amide bonds. The summed E-state index contributed by atoms with van der Waals surface area (Å²) >= 11 is 1.63. The van der Waals surface area contributed by atoms with Crippen LogP contribution < -0.4 is 9.47 Å². The highest BCUT2D eigenvalue weighted by Gasteiger charge is 2.43. The summed E-state index contributed by atoms with van der Waals surface area (Å²) in [6.07, 6.45) is 1.93. The molecule has 2 heterocycles. The number of methoxy groups -OCH3 is 2. The number of benzene rings is 2. The van der Waals surface area contributed by atoms with Gasteiger partial charge in [0.1, 0.15) is 16.9 Å². The number of carbonyl (C=O) groups is 1. The van der Waals surface area contributed by atoms with Gasteiger partial charge in [0, 0.05) is 11.7 Å². The standard InChI is InChI=1S/C22H24N2O3S/c1-13(16-9-8-15-10-11-23-17(15)12-16)24-21(25)14(2)28-22(24)20-18(26-3)6-5-7-19(20)27-4/h5-14,22-23H,1-4H3. The lowest BCUT2D eigenvalue weighted by atomic mass is 10.0. The van der Waals surface area contributed by atoms with Crippen LogP contribution in [0.25, 0.3) is 10.9 Å². The zero-order valence-electron chi connectivity index (χ0n) is 16.4. The Balaban J connectivity index is 1.79. The number of H-pyrrole nitrogens is 1. The number of rotatable bonds is 5. The van der Waals surface area contributed by atoms with E-state index in [4.69, 9.17) is 9.47 Å². The zero-order valence-corrected chi connectivity index (χ0v) is 17.2. The number of hydrogen-bond donors (Lipinski definition) is 1. The average molecular weight is 397 g/mol. The van der Waals surface area contributed by atoms with Crippen LogP contribution in [0, 0.1) is 0 Å². The van der Waals surface area contributed by atoms with Gasteiger partial charge >= 0.3 is 0 Å². The maximum absolute atomic E-state index is 13.1. The molecule has 3 atom stereocenters. The molecule has 3 aromatic rings. The van der Waals surface area contributed by atoms with Crippen molar-refractivity contribution in [3.8, 4) is 11.5 Å². The normalized spacial score (nSPS) is 20.6. The molecule has 0 bridgehead atoms. The number of fused-ring (bicyclic) bond motifs is 1. The van der Waals surface area contributed by atoms with E-state index in [9.17, 15) is 4.79 Å². The quantitative estimate of drug-likeness (QED) is 0.666. The summed E-state index contributed by atoms with van der Waals surface area (Å²) in [4.78, 5) is 18.3. The third-order valence-corrected chi connectivity index (χ3v) is 6.71. The average Bonchev–Trinajstić information content (AvgIpc) is 3.30. The first-order valence-electron chi connectivity index (χ1n) is 9.30. The minimum absolute atomic E-state index is 0.0859. The van der Waals surface area contributed by atoms with Gasteiger partial charge < -0.3 is 19.4 Å². The predicted octanol–water partition coefficient (Wildman–Crippen LogP) is 4.91. The molecule has 3 unspecified atom stereocenters. The topological polar surface area (TPSA) is 54.6 Å². The number of nitrogens with zero attached hydrogens (tertiary/aromatic N) is 1. The Morgan fingerprint density at radius 1 is 1.11 bits per heavy atom. The van der Waals surface area contributed by atoms with Crippen molar-refractivity contribution in [2.45, 2.75) is 30.5 Å². The van der Waals surface area contributed by atoms with Crippen LogP contribution in [0.4, 0.5) is 0 Å². The maximum atomic E-state index is 13.1. The van der Waals surface area contributed by atoms with Crippen LogP contribution >= 0.6 is 11.8 Å². The van der Waals surface area contributed by atoms with Gasteiger partial charge in [-0.15, -0.1) is 11.8 Å². The molecule has 1 fully saturated rings. The molecule has 4 rings (SSSR count). The third-order valence-electron chi connectivity index (χ3n) is 5.38. The molecule has 0 radical (unpaired) electrons. The highest BCUT2D eigenvalue weighted by Crippen LogP contribution is 2.52. The van der Waals surface area contributed by atoms with E-state index in [1.54, 1.807) is 26.0 Å². The fourth-order valence-electron chi connectivity index (χ4n) is 3.85. The van der Waals surface area contributed by atoms with E-state index < -0.39 is 0 Å². The van der Waals surface area contributed by atoms with Crippen molar-refractivity contribution < 1.29 is 14.3 Å². The summed E-state index contributed by atoms with van der Waals surface area (Å²) in [6.45, 7) is 4.04. The van der Waals surface area contributed by atoms with Gasteiger partial charge in [-0.1, -0.05) is 18.2 Å². The monoisotopic (exact) mass is 396 g/mol. The van der Waals surface area contributed by atoms with Crippen LogP contribution in [0.5, 0.6) is 11.5 Å². The third kappa shape index (κ3) is 3.02. The minimum Gasteiger partial charge on any atom is -0.496 e. The smallest absolute Gasteiger partial charge is 0.237 e. The van der Waals surface area contributed by atoms with Gasteiger partial charge in [0.05, 0.1) is 31.1 Å². The lowest BCUT2D eigenvalue weighted by molar-refractivity contribution is -0.132. The molecule has 5 nitrogen and oxygen atoms in total. The van der Waals surface area contributed by atoms with Crippen LogP contribution in [-0.4, -0.2) is 35.3 Å². The highest BCUT2D eigenvalue weighted by molar-refractivity contribution is 8.01. The summed E-state index contributed by atoms with van der Waals surface area (Å²) in [5.41, 5.74) is 3.07. The number of thioether (sulfide) groups is 1. The van der Waals surface area contributed by atoms with Crippen molar-refractivity contribution in [3.05, 3.63) is 59.8 Å². The summed E-state index contributed by atoms with van der Waals surface area (Å²) in [7, 11) is 3.30. The lowest BCUT2D eigenvalue weighted by Crippen LogP contribution is -2.33. The summed E-state index contributed by atoms with van der Waals surface area (Å²) < 4.78 is 11.2. The van der Waals surface area contributed by atoms with E-state index in [0.717, 1.165) is 33.5 Å². The number of ether oxygens (including phenoxy) is 2. The summed E-state index contributed by atoms with van der Waals surface area (Å²) in [6, 6.07) is 14.0. The predicted molar refractivity (Wildman–Crippen MR) is 113 cm³/mol. The Bertz CT molecular complexity index is 994. The van der Waals surface area contributed by atoms with E-state index in [1.165, 1.54) is 0 Å². The van der Waals surface area contributed by atoms with E-state index >= 15 is 0 Å². The van der Waals surface area contributed by atoms with E-state index in [1.807, 2.05) is 42.3 Å². The first-order valence-corrected chi connectivity index (χ1v) is 10.2. The van der Waals surface area contributed by atoms with Crippen LogP contribution in [0.15, 0.2) is 48.7 Å². The Labute approximate surface area is 169 Å². The molecule has 0 aliphatic carbocycles. The molecule has 28 heavy (non-hydrogen) atoms. The molecule has 6 heteroatoms. The summed E-state index contributed by atoms with van der Waals surface area (Å²) in [5, 5.41) is 0.855. The molecule has 0 saturated carbocycles. The number of aromatic nitrogens is 1. The van der Waals surface area contributed by atoms with Gasteiger partial charge in [-0.05, 0) is 49.1 Å². The van der Waals surface area contributed by atoms with Crippen molar-refractivity contribution in [2.24, 2.45) is 0 Å². The molecule has 1 aliphatic heterocycles. The SMILES string of the molecule is COc1cccc(OC)c1C1SC(C)C(=O)N1C(C)c1ccc2cc[nH]c2c1. The first kappa shape index (κ1) is 18.7. The minimum atomic E-state index is -0.178. The molecule has 1 aromatic heterocycles. The Morgan fingerprint density at radius 3 is 2.50 bits per heavy atom. The van der Waals surface area contributed by atoms with Gasteiger partial charge in [0.2, 0.25) is 5.91 Å². The van der Waals surface area contributed by atoms with Crippen molar-refractivity contribution >= 4 is 28.6 Å². The van der Waals surface area contributed by atoms with Gasteiger partial charge in [-0.3, -0.25) is 4.79 Å². The van der Waals surface area contributed by atoms with E-state index in [-0.39, 0.29) is 22.6 Å². The molecular weight excluding hydrogens is 372 g/mol. The second kappa shape index (κ2) is 7.43. The van der Waals surface area contributed by atoms with Crippen LogP contribution in [0.1, 0.15) is 36.4 Å². The van der Waals surface area contributed by atoms with Crippen molar-refractivity contribution in [3.63, 3.8) is 0 Å². The Morgan fingerprint density at radius 2 is 1.82 bits per heavy atom. The zero-order chi connectivity index (χ0) is 19.8. The Kier molecular flexibility index (Phi) is 4.98. The Hall–Kier alpha value is -2.60. The largest absolute Gasteiger partial charge is 0.496 e. The number of amides is 1. The second-order valence-corrected chi connectivity index (χ2v) is 8.38. The molecule has 1 aliphatic rings. The molecule has 1 N–H and O–H groups in total. The highest BCUT2D eigenvalue weighted by atomic mass is 32.2.